The number of ether oxygens (including phenoxy) is 1. The summed E-state index contributed by atoms with van der Waals surface area (Å²) < 4.78 is 49.6. The first-order valence-corrected chi connectivity index (χ1v) is 6.44. The molecule has 1 atom stereocenters. The normalized spacial score (nSPS) is 15.7. The molecule has 0 spiro atoms. The summed E-state index contributed by atoms with van der Waals surface area (Å²) in [5, 5.41) is -3.36. The van der Waals surface area contributed by atoms with Gasteiger partial charge in [-0.05, 0) is 13.8 Å². The molecule has 0 aromatic heterocycles. The van der Waals surface area contributed by atoms with E-state index in [1.54, 1.807) is 13.8 Å². The lowest BCUT2D eigenvalue weighted by atomic mass is 10.2. The van der Waals surface area contributed by atoms with Gasteiger partial charge in [-0.25, -0.2) is 4.39 Å². The zero-order chi connectivity index (χ0) is 13.9. The molecule has 6 nitrogen and oxygen atoms in total. The maximum Gasteiger partial charge on any atom is 0.314 e. The fourth-order valence-corrected chi connectivity index (χ4v) is 1.78. The van der Waals surface area contributed by atoms with E-state index in [0.717, 1.165) is 4.90 Å². The zero-order valence-electron chi connectivity index (χ0n) is 10.3. The number of carbonyl (C=O) groups excluding carboxylic acids is 1. The van der Waals surface area contributed by atoms with Gasteiger partial charge in [-0.15, -0.1) is 0 Å². The number of amides is 1. The van der Waals surface area contributed by atoms with Gasteiger partial charge < -0.3 is 9.64 Å². The molecule has 102 valence electrons. The average Bonchev–Trinajstić information content (AvgIpc) is 2.21. The lowest BCUT2D eigenvalue weighted by Crippen LogP contribution is -2.52. The molecule has 0 aliphatic carbocycles. The number of carbonyl (C=O) groups is 1. The number of rotatable bonds is 6. The predicted molar refractivity (Wildman–Crippen MR) is 59.8 cm³/mol. The monoisotopic (exact) mass is 271 g/mol. The molecule has 0 radical (unpaired) electrons. The predicted octanol–water partition coefficient (Wildman–Crippen LogP) is 0.443. The van der Waals surface area contributed by atoms with Gasteiger partial charge in [0.1, 0.15) is 0 Å². The molecule has 0 aromatic carbocycles. The van der Waals surface area contributed by atoms with E-state index in [0.29, 0.717) is 0 Å². The molecule has 0 saturated heterocycles. The second kappa shape index (κ2) is 5.74. The standard InChI is InChI=1S/C9H18FNO5S/c1-7(2)11(3)8(12)9(10,5-6-16-4)17(13,14)15/h7H,5-6H2,1-4H3,(H,13,14,15). The number of nitrogens with zero attached hydrogens (tertiary/aromatic N) is 1. The quantitative estimate of drug-likeness (QED) is 0.709. The van der Waals surface area contributed by atoms with Crippen LogP contribution in [0.25, 0.3) is 0 Å². The summed E-state index contributed by atoms with van der Waals surface area (Å²) in [5.74, 6) is -1.30. The van der Waals surface area contributed by atoms with Crippen molar-refractivity contribution < 1.29 is 26.9 Å². The van der Waals surface area contributed by atoms with Crippen molar-refractivity contribution >= 4 is 16.0 Å². The van der Waals surface area contributed by atoms with Crippen LogP contribution in [0.2, 0.25) is 0 Å². The minimum Gasteiger partial charge on any atom is -0.385 e. The Morgan fingerprint density at radius 3 is 2.29 bits per heavy atom. The Balaban J connectivity index is 5.27. The van der Waals surface area contributed by atoms with Crippen molar-refractivity contribution in [2.75, 3.05) is 20.8 Å². The van der Waals surface area contributed by atoms with E-state index < -0.39 is 27.4 Å². The Kier molecular flexibility index (Phi) is 5.50. The van der Waals surface area contributed by atoms with Gasteiger partial charge in [0.05, 0.1) is 6.61 Å². The maximum absolute atomic E-state index is 14.2. The van der Waals surface area contributed by atoms with Crippen LogP contribution in [-0.4, -0.2) is 55.6 Å². The zero-order valence-corrected chi connectivity index (χ0v) is 11.1. The highest BCUT2D eigenvalue weighted by molar-refractivity contribution is 7.87. The summed E-state index contributed by atoms with van der Waals surface area (Å²) in [6.45, 7) is 2.89. The third kappa shape index (κ3) is 3.62. The summed E-state index contributed by atoms with van der Waals surface area (Å²) in [4.78, 5) is 12.6. The van der Waals surface area contributed by atoms with Gasteiger partial charge in [-0.3, -0.25) is 9.35 Å². The van der Waals surface area contributed by atoms with Gasteiger partial charge in [0, 0.05) is 26.6 Å². The van der Waals surface area contributed by atoms with Crippen LogP contribution in [0.1, 0.15) is 20.3 Å². The Bertz CT molecular complexity index is 370. The first kappa shape index (κ1) is 16.3. The highest BCUT2D eigenvalue weighted by Crippen LogP contribution is 2.26. The first-order chi connectivity index (χ1) is 7.58. The molecule has 1 amide bonds. The van der Waals surface area contributed by atoms with Gasteiger partial charge in [0.25, 0.3) is 5.91 Å². The van der Waals surface area contributed by atoms with Crippen molar-refractivity contribution in [2.24, 2.45) is 0 Å². The van der Waals surface area contributed by atoms with Gasteiger partial charge >= 0.3 is 15.1 Å². The Labute approximate surface area is 100 Å². The van der Waals surface area contributed by atoms with E-state index in [-0.39, 0.29) is 12.6 Å². The van der Waals surface area contributed by atoms with E-state index in [1.807, 2.05) is 0 Å². The van der Waals surface area contributed by atoms with Gasteiger partial charge in [0.15, 0.2) is 0 Å². The maximum atomic E-state index is 14.2. The van der Waals surface area contributed by atoms with Crippen molar-refractivity contribution in [2.45, 2.75) is 31.3 Å². The van der Waals surface area contributed by atoms with E-state index in [9.17, 15) is 17.6 Å². The van der Waals surface area contributed by atoms with Crippen LogP contribution < -0.4 is 0 Å². The van der Waals surface area contributed by atoms with Crippen LogP contribution in [0.5, 0.6) is 0 Å². The SMILES string of the molecule is COCCC(F)(C(=O)N(C)C(C)C)S(=O)(=O)O. The summed E-state index contributed by atoms with van der Waals surface area (Å²) in [6, 6.07) is -0.387. The number of alkyl halides is 1. The molecule has 0 bridgehead atoms. The summed E-state index contributed by atoms with van der Waals surface area (Å²) >= 11 is 0. The van der Waals surface area contributed by atoms with Crippen LogP contribution >= 0.6 is 0 Å². The molecule has 0 saturated carbocycles. The minimum atomic E-state index is -5.15. The highest BCUT2D eigenvalue weighted by atomic mass is 32.2. The fraction of sp³-hybridized carbons (Fsp3) is 0.889. The minimum absolute atomic E-state index is 0.298. The van der Waals surface area contributed by atoms with Gasteiger partial charge in [0.2, 0.25) is 0 Å². The molecule has 1 N–H and O–H groups in total. The van der Waals surface area contributed by atoms with E-state index in [1.165, 1.54) is 14.2 Å². The molecule has 0 heterocycles. The highest BCUT2D eigenvalue weighted by Gasteiger charge is 2.52. The van der Waals surface area contributed by atoms with Crippen LogP contribution in [0.4, 0.5) is 4.39 Å². The van der Waals surface area contributed by atoms with Crippen LogP contribution in [0.3, 0.4) is 0 Å². The largest absolute Gasteiger partial charge is 0.385 e. The third-order valence-electron chi connectivity index (χ3n) is 2.45. The molecule has 0 rings (SSSR count). The lowest BCUT2D eigenvalue weighted by molar-refractivity contribution is -0.140. The van der Waals surface area contributed by atoms with Crippen molar-refractivity contribution in [3.8, 4) is 0 Å². The molecule has 1 unspecified atom stereocenters. The molecule has 0 fully saturated rings. The number of hydrogen-bond acceptors (Lipinski definition) is 4. The molecular weight excluding hydrogens is 253 g/mol. The molecule has 0 aromatic rings. The lowest BCUT2D eigenvalue weighted by Gasteiger charge is -2.29. The van der Waals surface area contributed by atoms with Crippen molar-refractivity contribution in [1.82, 2.24) is 4.90 Å². The topological polar surface area (TPSA) is 83.9 Å². The van der Waals surface area contributed by atoms with Crippen molar-refractivity contribution in [3.63, 3.8) is 0 Å². The number of halogens is 1. The van der Waals surface area contributed by atoms with E-state index >= 15 is 0 Å². The first-order valence-electron chi connectivity index (χ1n) is 5.00. The van der Waals surface area contributed by atoms with Gasteiger partial charge in [-0.2, -0.15) is 8.42 Å². The Hall–Kier alpha value is -0.730. The van der Waals surface area contributed by atoms with E-state index in [4.69, 9.17) is 4.55 Å². The third-order valence-corrected chi connectivity index (χ3v) is 3.65. The summed E-state index contributed by atoms with van der Waals surface area (Å²) in [6.07, 6.45) is -0.752. The molecular formula is C9H18FNO5S. The number of hydrogen-bond donors (Lipinski definition) is 1. The molecule has 0 aliphatic rings. The second-order valence-corrected chi connectivity index (χ2v) is 5.55. The second-order valence-electron chi connectivity index (χ2n) is 3.96. The Morgan fingerprint density at radius 1 is 1.53 bits per heavy atom. The van der Waals surface area contributed by atoms with Crippen molar-refractivity contribution in [1.29, 1.82) is 0 Å². The molecule has 0 aliphatic heterocycles. The summed E-state index contributed by atoms with van der Waals surface area (Å²) in [7, 11) is -2.65. The van der Waals surface area contributed by atoms with Crippen LogP contribution in [0, 0.1) is 0 Å². The molecule has 17 heavy (non-hydrogen) atoms. The molecule has 8 heteroatoms. The fourth-order valence-electron chi connectivity index (χ4n) is 1.08. The van der Waals surface area contributed by atoms with Crippen molar-refractivity contribution in [3.05, 3.63) is 0 Å². The van der Waals surface area contributed by atoms with Crippen LogP contribution in [0.15, 0.2) is 0 Å². The summed E-state index contributed by atoms with van der Waals surface area (Å²) in [5.41, 5.74) is 0. The Morgan fingerprint density at radius 2 is 2.00 bits per heavy atom. The average molecular weight is 271 g/mol. The van der Waals surface area contributed by atoms with E-state index in [2.05, 4.69) is 4.74 Å². The van der Waals surface area contributed by atoms with Crippen LogP contribution in [-0.2, 0) is 19.6 Å². The number of methoxy groups -OCH3 is 1. The smallest absolute Gasteiger partial charge is 0.314 e. The van der Waals surface area contributed by atoms with Gasteiger partial charge in [-0.1, -0.05) is 0 Å².